The number of benzene rings is 1. The Morgan fingerprint density at radius 2 is 2.06 bits per heavy atom. The van der Waals surface area contributed by atoms with Gasteiger partial charge in [-0.15, -0.1) is 0 Å². The summed E-state index contributed by atoms with van der Waals surface area (Å²) in [7, 11) is 0. The van der Waals surface area contributed by atoms with E-state index >= 15 is 0 Å². The number of allylic oxidation sites excluding steroid dienone is 1. The average Bonchev–Trinajstić information content (AvgIpc) is 2.35. The number of aromatic amines is 1. The normalized spacial score (nSPS) is 10.1. The molecule has 0 aliphatic rings. The molecule has 0 unspecified atom stereocenters. The number of H-pyrrole nitrogens is 1. The van der Waals surface area contributed by atoms with Gasteiger partial charge in [-0.25, -0.2) is 0 Å². The molecule has 0 fully saturated rings. The molecule has 0 aliphatic carbocycles. The first-order chi connectivity index (χ1) is 8.22. The molecular weight excluding hydrogens is 384 g/mol. The first-order valence-electron chi connectivity index (χ1n) is 5.23. The summed E-state index contributed by atoms with van der Waals surface area (Å²) in [5, 5.41) is 0. The number of aromatic nitrogens is 2. The van der Waals surface area contributed by atoms with E-state index in [0.717, 1.165) is 14.9 Å². The molecule has 1 aromatic heterocycles. The molecule has 4 heteroatoms. The van der Waals surface area contributed by atoms with Gasteiger partial charge >= 0.3 is 110 Å². The summed E-state index contributed by atoms with van der Waals surface area (Å²) in [6.07, 6.45) is 1.73. The second kappa shape index (κ2) is 5.24. The molecule has 1 N–H and O–H groups in total. The van der Waals surface area contributed by atoms with Crippen molar-refractivity contribution in [2.24, 2.45) is 0 Å². The molecule has 1 aromatic carbocycles. The summed E-state index contributed by atoms with van der Waals surface area (Å²) in [5.41, 5.74) is 1.80. The fraction of sp³-hybridized carbons (Fsp3) is 0.0769. The molecule has 0 bridgehead atoms. The Morgan fingerprint density at radius 3 is 2.65 bits per heavy atom. The van der Waals surface area contributed by atoms with E-state index in [1.807, 2.05) is 36.4 Å². The molecule has 0 amide bonds. The molecule has 0 saturated carbocycles. The van der Waals surface area contributed by atoms with Crippen molar-refractivity contribution in [2.45, 2.75) is 6.54 Å². The van der Waals surface area contributed by atoms with Crippen LogP contribution in [0.3, 0.4) is 0 Å². The van der Waals surface area contributed by atoms with E-state index in [4.69, 9.17) is 0 Å². The fourth-order valence-corrected chi connectivity index (χ4v) is 2.58. The molecule has 3 nitrogen and oxygen atoms in total. The quantitative estimate of drug-likeness (QED) is 0.794. The van der Waals surface area contributed by atoms with Crippen molar-refractivity contribution in [1.82, 2.24) is 9.55 Å². The zero-order chi connectivity index (χ0) is 12.3. The van der Waals surface area contributed by atoms with Crippen LogP contribution in [-0.2, 0) is 25.9 Å². The predicted molar refractivity (Wildman–Crippen MR) is 63.9 cm³/mol. The van der Waals surface area contributed by atoms with Crippen molar-refractivity contribution in [3.05, 3.63) is 63.2 Å². The zero-order valence-electron chi connectivity index (χ0n) is 9.22. The number of rotatable bonds is 3. The fourth-order valence-electron chi connectivity index (χ4n) is 1.60. The molecule has 2 aromatic rings. The maximum atomic E-state index is 11.9. The van der Waals surface area contributed by atoms with Crippen molar-refractivity contribution in [3.8, 4) is 11.3 Å². The Bertz CT molecular complexity index is 609. The van der Waals surface area contributed by atoms with E-state index in [-0.39, 0.29) is 5.69 Å². The van der Waals surface area contributed by atoms with E-state index in [1.165, 1.54) is 19.4 Å². The minimum absolute atomic E-state index is 0.0868. The third-order valence-electron chi connectivity index (χ3n) is 2.42. The average molecular weight is 396 g/mol. The third kappa shape index (κ3) is 2.62. The van der Waals surface area contributed by atoms with Crippen LogP contribution in [0.4, 0.5) is 0 Å². The van der Waals surface area contributed by atoms with Gasteiger partial charge in [-0.05, 0) is 0 Å². The van der Waals surface area contributed by atoms with Crippen LogP contribution >= 0.6 is 0 Å². The van der Waals surface area contributed by atoms with E-state index in [9.17, 15) is 4.79 Å². The first kappa shape index (κ1) is 12.0. The number of nitrogens with zero attached hydrogens (tertiary/aromatic N) is 1. The SMILES string of the molecule is C=CCn1[c](=[W])cc(-c2ccccc2)[nH]c1=O. The van der Waals surface area contributed by atoms with Crippen molar-refractivity contribution < 1.29 is 19.4 Å². The van der Waals surface area contributed by atoms with Gasteiger partial charge in [0.2, 0.25) is 0 Å². The summed E-state index contributed by atoms with van der Waals surface area (Å²) in [5.74, 6) is 0. The number of hydrogen-bond donors (Lipinski definition) is 1. The summed E-state index contributed by atoms with van der Waals surface area (Å²) in [6.45, 7) is 4.20. The van der Waals surface area contributed by atoms with Crippen molar-refractivity contribution in [3.63, 3.8) is 0 Å². The van der Waals surface area contributed by atoms with E-state index in [1.54, 1.807) is 10.6 Å². The van der Waals surface area contributed by atoms with Crippen LogP contribution in [0.25, 0.3) is 11.3 Å². The number of hydrogen-bond acceptors (Lipinski definition) is 1. The van der Waals surface area contributed by atoms with Crippen LogP contribution in [0.15, 0.2) is 53.8 Å². The van der Waals surface area contributed by atoms with E-state index in [2.05, 4.69) is 11.6 Å². The van der Waals surface area contributed by atoms with Crippen LogP contribution < -0.4 is 5.69 Å². The van der Waals surface area contributed by atoms with Gasteiger partial charge in [-0.3, -0.25) is 0 Å². The zero-order valence-corrected chi connectivity index (χ0v) is 12.2. The molecule has 0 spiro atoms. The Morgan fingerprint density at radius 1 is 1.35 bits per heavy atom. The van der Waals surface area contributed by atoms with Gasteiger partial charge in [0.1, 0.15) is 0 Å². The Hall–Kier alpha value is -1.47. The van der Waals surface area contributed by atoms with Gasteiger partial charge in [0.05, 0.1) is 0 Å². The molecule has 0 radical (unpaired) electrons. The summed E-state index contributed by atoms with van der Waals surface area (Å²) < 4.78 is 2.70. The number of nitrogens with one attached hydrogen (secondary N) is 1. The van der Waals surface area contributed by atoms with Gasteiger partial charge in [0, 0.05) is 0 Å². The molecule has 0 aliphatic heterocycles. The molecule has 0 saturated heterocycles. The molecular formula is C13H12N2OW. The molecule has 86 valence electrons. The Kier molecular flexibility index (Phi) is 3.70. The third-order valence-corrected chi connectivity index (χ3v) is 3.63. The van der Waals surface area contributed by atoms with Crippen LogP contribution in [0, 0.1) is 3.67 Å². The molecule has 2 rings (SSSR count). The van der Waals surface area contributed by atoms with E-state index < -0.39 is 0 Å². The summed E-state index contributed by atoms with van der Waals surface area (Å²) >= 11 is 1.27. The second-order valence-corrected chi connectivity index (χ2v) is 5.09. The van der Waals surface area contributed by atoms with E-state index in [0.29, 0.717) is 6.54 Å². The standard InChI is InChI=1S/C13H12N2O.W/c1-2-9-15-10-8-12(14-13(15)16)11-6-4-3-5-7-11;/h2-8H,1,9H2,(H,14,16);. The maximum absolute atomic E-state index is 11.9. The van der Waals surface area contributed by atoms with Gasteiger partial charge in [0.15, 0.2) is 0 Å². The molecule has 17 heavy (non-hydrogen) atoms. The first-order valence-corrected chi connectivity index (χ1v) is 6.69. The van der Waals surface area contributed by atoms with Crippen LogP contribution in [0.5, 0.6) is 0 Å². The van der Waals surface area contributed by atoms with Crippen molar-refractivity contribution in [2.75, 3.05) is 0 Å². The Labute approximate surface area is 110 Å². The van der Waals surface area contributed by atoms with Crippen LogP contribution in [0.2, 0.25) is 0 Å². The van der Waals surface area contributed by atoms with Crippen molar-refractivity contribution >= 4 is 0 Å². The van der Waals surface area contributed by atoms with Crippen molar-refractivity contribution in [1.29, 1.82) is 0 Å². The molecule has 0 atom stereocenters. The van der Waals surface area contributed by atoms with Crippen LogP contribution in [-0.4, -0.2) is 9.55 Å². The summed E-state index contributed by atoms with van der Waals surface area (Å²) in [4.78, 5) is 14.8. The second-order valence-electron chi connectivity index (χ2n) is 3.59. The summed E-state index contributed by atoms with van der Waals surface area (Å²) in [6, 6.07) is 11.9. The van der Waals surface area contributed by atoms with Gasteiger partial charge in [-0.1, -0.05) is 0 Å². The monoisotopic (exact) mass is 396 g/mol. The Balaban J connectivity index is 2.57. The minimum atomic E-state index is -0.0868. The van der Waals surface area contributed by atoms with Crippen LogP contribution in [0.1, 0.15) is 0 Å². The predicted octanol–water partition coefficient (Wildman–Crippen LogP) is 2.11. The van der Waals surface area contributed by atoms with Gasteiger partial charge < -0.3 is 0 Å². The van der Waals surface area contributed by atoms with Gasteiger partial charge in [0.25, 0.3) is 0 Å². The van der Waals surface area contributed by atoms with Gasteiger partial charge in [-0.2, -0.15) is 0 Å². The topological polar surface area (TPSA) is 37.8 Å². The molecule has 1 heterocycles.